The molecule has 0 radical (unpaired) electrons. The first-order chi connectivity index (χ1) is 9.80. The molecular formula is C11H9F3N4O3. The first-order valence-corrected chi connectivity index (χ1v) is 5.70. The van der Waals surface area contributed by atoms with Gasteiger partial charge in [-0.3, -0.25) is 4.79 Å². The van der Waals surface area contributed by atoms with Crippen LogP contribution in [0.5, 0.6) is 0 Å². The lowest BCUT2D eigenvalue weighted by Crippen LogP contribution is -2.24. The second kappa shape index (κ2) is 5.38. The van der Waals surface area contributed by atoms with Gasteiger partial charge in [0.05, 0.1) is 6.54 Å². The van der Waals surface area contributed by atoms with Crippen molar-refractivity contribution in [2.75, 3.05) is 0 Å². The smallest absolute Gasteiger partial charge is 0.435 e. The van der Waals surface area contributed by atoms with Gasteiger partial charge in [0.2, 0.25) is 5.69 Å². The summed E-state index contributed by atoms with van der Waals surface area (Å²) >= 11 is 0. The van der Waals surface area contributed by atoms with Gasteiger partial charge in [0.25, 0.3) is 5.56 Å². The van der Waals surface area contributed by atoms with Crippen LogP contribution in [0.15, 0.2) is 29.2 Å². The highest BCUT2D eigenvalue weighted by molar-refractivity contribution is 5.86. The van der Waals surface area contributed by atoms with Crippen molar-refractivity contribution in [2.45, 2.75) is 19.3 Å². The SMILES string of the molecule is O=C(O)c1nnn(CCn2ccccc2=O)c1C(F)(F)F. The summed E-state index contributed by atoms with van der Waals surface area (Å²) in [5.41, 5.74) is -2.99. The number of hydrogen-bond acceptors (Lipinski definition) is 4. The third kappa shape index (κ3) is 3.09. The lowest BCUT2D eigenvalue weighted by Gasteiger charge is -2.10. The maximum atomic E-state index is 12.9. The van der Waals surface area contributed by atoms with Crippen LogP contribution in [0.3, 0.4) is 0 Å². The molecule has 0 amide bonds. The van der Waals surface area contributed by atoms with Crippen LogP contribution in [0.2, 0.25) is 0 Å². The molecule has 21 heavy (non-hydrogen) atoms. The Balaban J connectivity index is 2.31. The third-order valence-electron chi connectivity index (χ3n) is 2.66. The number of nitrogens with zero attached hydrogens (tertiary/aromatic N) is 4. The van der Waals surface area contributed by atoms with E-state index >= 15 is 0 Å². The molecule has 0 aromatic carbocycles. The van der Waals surface area contributed by atoms with Gasteiger partial charge in [-0.1, -0.05) is 11.3 Å². The fourth-order valence-electron chi connectivity index (χ4n) is 1.74. The van der Waals surface area contributed by atoms with E-state index in [4.69, 9.17) is 5.11 Å². The van der Waals surface area contributed by atoms with Crippen LogP contribution in [-0.2, 0) is 19.3 Å². The zero-order valence-electron chi connectivity index (χ0n) is 10.4. The molecule has 2 aromatic heterocycles. The van der Waals surface area contributed by atoms with Crippen molar-refractivity contribution < 1.29 is 23.1 Å². The van der Waals surface area contributed by atoms with Crippen molar-refractivity contribution in [3.8, 4) is 0 Å². The Kier molecular flexibility index (Phi) is 3.78. The Hall–Kier alpha value is -2.65. The van der Waals surface area contributed by atoms with E-state index in [2.05, 4.69) is 10.3 Å². The molecule has 2 rings (SSSR count). The van der Waals surface area contributed by atoms with Crippen LogP contribution in [-0.4, -0.2) is 30.6 Å². The maximum Gasteiger partial charge on any atom is 0.435 e. The number of aromatic carboxylic acids is 1. The molecule has 7 nitrogen and oxygen atoms in total. The van der Waals surface area contributed by atoms with Crippen LogP contribution in [0.25, 0.3) is 0 Å². The average Bonchev–Trinajstić information content (AvgIpc) is 2.82. The minimum absolute atomic E-state index is 0.0921. The first kappa shape index (κ1) is 14.8. The largest absolute Gasteiger partial charge is 0.476 e. The highest BCUT2D eigenvalue weighted by Gasteiger charge is 2.41. The van der Waals surface area contributed by atoms with Crippen molar-refractivity contribution in [3.63, 3.8) is 0 Å². The number of pyridine rings is 1. The second-order valence-electron chi connectivity index (χ2n) is 4.04. The van der Waals surface area contributed by atoms with Crippen molar-refractivity contribution >= 4 is 5.97 Å². The zero-order valence-corrected chi connectivity index (χ0v) is 10.4. The van der Waals surface area contributed by atoms with Crippen molar-refractivity contribution in [3.05, 3.63) is 46.1 Å². The van der Waals surface area contributed by atoms with Gasteiger partial charge in [0.1, 0.15) is 0 Å². The Morgan fingerprint density at radius 2 is 2.00 bits per heavy atom. The third-order valence-corrected chi connectivity index (χ3v) is 2.66. The predicted octanol–water partition coefficient (Wildman–Crippen LogP) is 0.857. The van der Waals surface area contributed by atoms with Gasteiger partial charge in [0.15, 0.2) is 5.69 Å². The van der Waals surface area contributed by atoms with Crippen LogP contribution < -0.4 is 5.56 Å². The lowest BCUT2D eigenvalue weighted by atomic mass is 10.3. The summed E-state index contributed by atoms with van der Waals surface area (Å²) in [6.45, 7) is -0.426. The van der Waals surface area contributed by atoms with E-state index in [1.165, 1.54) is 22.9 Å². The van der Waals surface area contributed by atoms with Crippen LogP contribution in [0.4, 0.5) is 13.2 Å². The van der Waals surface area contributed by atoms with Crippen molar-refractivity contribution in [1.29, 1.82) is 0 Å². The quantitative estimate of drug-likeness (QED) is 0.904. The van der Waals surface area contributed by atoms with Crippen LogP contribution >= 0.6 is 0 Å². The number of hydrogen-bond donors (Lipinski definition) is 1. The van der Waals surface area contributed by atoms with E-state index in [9.17, 15) is 22.8 Å². The lowest BCUT2D eigenvalue weighted by molar-refractivity contribution is -0.144. The van der Waals surface area contributed by atoms with Crippen LogP contribution in [0.1, 0.15) is 16.2 Å². The van der Waals surface area contributed by atoms with E-state index in [0.717, 1.165) is 0 Å². The van der Waals surface area contributed by atoms with Gasteiger partial charge in [-0.25, -0.2) is 9.48 Å². The zero-order chi connectivity index (χ0) is 15.6. The fraction of sp³-hybridized carbons (Fsp3) is 0.273. The molecule has 0 fully saturated rings. The monoisotopic (exact) mass is 302 g/mol. The maximum absolute atomic E-state index is 12.9. The predicted molar refractivity (Wildman–Crippen MR) is 62.7 cm³/mol. The Bertz CT molecular complexity index is 720. The summed E-state index contributed by atoms with van der Waals surface area (Å²) in [6, 6.07) is 4.31. The van der Waals surface area contributed by atoms with Crippen LogP contribution in [0, 0.1) is 0 Å². The molecule has 2 aromatic rings. The second-order valence-corrected chi connectivity index (χ2v) is 4.04. The molecule has 0 saturated heterocycles. The number of rotatable bonds is 4. The molecule has 0 bridgehead atoms. The summed E-state index contributed by atoms with van der Waals surface area (Å²) in [5.74, 6) is -1.81. The van der Waals surface area contributed by atoms with Gasteiger partial charge in [0, 0.05) is 18.8 Å². The van der Waals surface area contributed by atoms with Crippen molar-refractivity contribution in [2.24, 2.45) is 0 Å². The summed E-state index contributed by atoms with van der Waals surface area (Å²) in [6.07, 6.45) is -3.50. The normalized spacial score (nSPS) is 11.6. The minimum atomic E-state index is -4.90. The summed E-state index contributed by atoms with van der Waals surface area (Å²) in [5, 5.41) is 14.9. The minimum Gasteiger partial charge on any atom is -0.476 e. The number of carboxylic acids is 1. The Morgan fingerprint density at radius 3 is 2.57 bits per heavy atom. The van der Waals surface area contributed by atoms with Gasteiger partial charge in [-0.2, -0.15) is 13.2 Å². The van der Waals surface area contributed by atoms with E-state index in [0.29, 0.717) is 4.68 Å². The average molecular weight is 302 g/mol. The van der Waals surface area contributed by atoms with Gasteiger partial charge >= 0.3 is 12.1 Å². The molecule has 0 aliphatic heterocycles. The molecule has 10 heteroatoms. The van der Waals surface area contributed by atoms with Gasteiger partial charge in [-0.05, 0) is 6.07 Å². The number of halogens is 3. The topological polar surface area (TPSA) is 90.0 Å². The summed E-state index contributed by atoms with van der Waals surface area (Å²) in [7, 11) is 0. The fourth-order valence-corrected chi connectivity index (χ4v) is 1.74. The number of aromatic nitrogens is 4. The van der Waals surface area contributed by atoms with Crippen molar-refractivity contribution in [1.82, 2.24) is 19.6 Å². The van der Waals surface area contributed by atoms with E-state index in [-0.39, 0.29) is 18.6 Å². The molecule has 0 unspecified atom stereocenters. The van der Waals surface area contributed by atoms with E-state index in [1.54, 1.807) is 6.07 Å². The highest BCUT2D eigenvalue weighted by Crippen LogP contribution is 2.31. The summed E-state index contributed by atoms with van der Waals surface area (Å²) in [4.78, 5) is 22.2. The number of alkyl halides is 3. The highest BCUT2D eigenvalue weighted by atomic mass is 19.4. The molecule has 0 spiro atoms. The number of carbonyl (C=O) groups is 1. The molecule has 2 heterocycles. The standard InChI is InChI=1S/C11H9F3N4O3/c12-11(13,14)9-8(10(20)21)15-16-18(9)6-5-17-4-2-1-3-7(17)19/h1-4H,5-6H2,(H,20,21). The molecule has 0 aliphatic carbocycles. The number of carboxylic acid groups (broad SMARTS) is 1. The Labute approximate surface area is 115 Å². The van der Waals surface area contributed by atoms with E-state index < -0.39 is 23.5 Å². The van der Waals surface area contributed by atoms with E-state index in [1.807, 2.05) is 0 Å². The Morgan fingerprint density at radius 1 is 1.29 bits per heavy atom. The summed E-state index contributed by atoms with van der Waals surface area (Å²) < 4.78 is 40.2. The van der Waals surface area contributed by atoms with Gasteiger partial charge in [-0.15, -0.1) is 5.10 Å². The molecule has 0 saturated carbocycles. The molecule has 0 aliphatic rings. The van der Waals surface area contributed by atoms with Gasteiger partial charge < -0.3 is 9.67 Å². The molecule has 112 valence electrons. The first-order valence-electron chi connectivity index (χ1n) is 5.70. The molecular weight excluding hydrogens is 293 g/mol. The molecule has 0 atom stereocenters. The molecule has 1 N–H and O–H groups in total. The number of aryl methyl sites for hydroxylation is 2.